The van der Waals surface area contributed by atoms with Gasteiger partial charge in [-0.05, 0) is 0 Å². The molecule has 0 rings (SSSR count). The van der Waals surface area contributed by atoms with E-state index in [-0.39, 0.29) is 0 Å². The van der Waals surface area contributed by atoms with E-state index in [1.807, 2.05) is 0 Å². The van der Waals surface area contributed by atoms with Gasteiger partial charge in [0.05, 0.1) is 0 Å². The van der Waals surface area contributed by atoms with Crippen molar-refractivity contribution in [1.29, 1.82) is 0 Å². The number of rotatable bonds is 3. The molecule has 0 aliphatic heterocycles. The first-order chi connectivity index (χ1) is 2.91. The number of hydrogen-bond acceptors (Lipinski definition) is 0. The molecular formula is C5H12Si. The van der Waals surface area contributed by atoms with Gasteiger partial charge in [0.25, 0.3) is 0 Å². The smallest absolute Gasteiger partial charge is 0.0143 e. The Morgan fingerprint density at radius 2 is 2.00 bits per heavy atom. The first-order valence-electron chi connectivity index (χ1n) is 2.62. The van der Waals surface area contributed by atoms with Gasteiger partial charge in [-0.25, -0.2) is 0 Å². The predicted octanol–water partition coefficient (Wildman–Crippen LogP) is 1.50. The summed E-state index contributed by atoms with van der Waals surface area (Å²) in [5.41, 5.74) is 0. The third-order valence-corrected chi connectivity index (χ3v) is 1.22. The van der Waals surface area contributed by atoms with E-state index < -0.39 is 0 Å². The van der Waals surface area contributed by atoms with Gasteiger partial charge in [-0.1, -0.05) is 32.2 Å². The minimum atomic E-state index is 1.27. The number of unbranched alkanes of at least 4 members (excludes halogenated alkanes) is 2. The Bertz CT molecular complexity index is 15.9. The van der Waals surface area contributed by atoms with Gasteiger partial charge in [0.1, 0.15) is 0 Å². The zero-order valence-electron chi connectivity index (χ0n) is 4.41. The van der Waals surface area contributed by atoms with Crippen LogP contribution in [0.15, 0.2) is 0 Å². The molecule has 0 aliphatic rings. The Balaban J connectivity index is 2.34. The maximum atomic E-state index is 2.73. The Morgan fingerprint density at radius 1 is 1.33 bits per heavy atom. The lowest BCUT2D eigenvalue weighted by Crippen LogP contribution is -1.69. The first-order valence-corrected chi connectivity index (χ1v) is 3.43. The molecule has 0 aromatic rings. The monoisotopic (exact) mass is 100 g/mol. The van der Waals surface area contributed by atoms with Crippen molar-refractivity contribution in [1.82, 2.24) is 0 Å². The van der Waals surface area contributed by atoms with Crippen molar-refractivity contribution in [3.63, 3.8) is 0 Å². The molecule has 2 radical (unpaired) electrons. The Hall–Kier alpha value is 0.217. The summed E-state index contributed by atoms with van der Waals surface area (Å²) in [4.78, 5) is 0. The van der Waals surface area contributed by atoms with E-state index in [0.717, 1.165) is 0 Å². The molecule has 0 fully saturated rings. The summed E-state index contributed by atoms with van der Waals surface area (Å²) in [6.07, 6.45) is 4.11. The topological polar surface area (TPSA) is 0 Å². The van der Waals surface area contributed by atoms with Crippen molar-refractivity contribution in [2.75, 3.05) is 0 Å². The predicted molar refractivity (Wildman–Crippen MR) is 31.5 cm³/mol. The van der Waals surface area contributed by atoms with Gasteiger partial charge in [-0.2, -0.15) is 0 Å². The third kappa shape index (κ3) is 4.22. The van der Waals surface area contributed by atoms with Crippen molar-refractivity contribution in [3.05, 3.63) is 0 Å². The van der Waals surface area contributed by atoms with Crippen LogP contribution in [0, 0.1) is 0 Å². The normalized spacial score (nSPS) is 9.00. The van der Waals surface area contributed by atoms with Crippen LogP contribution in [0.4, 0.5) is 0 Å². The standard InChI is InChI=1S/C5H12Si/c1-2-3-4-5-6/h6H,2-5H2,1H3. The van der Waals surface area contributed by atoms with Crippen molar-refractivity contribution in [3.8, 4) is 0 Å². The lowest BCUT2D eigenvalue weighted by molar-refractivity contribution is 0.771. The van der Waals surface area contributed by atoms with Gasteiger partial charge in [-0.3, -0.25) is 0 Å². The van der Waals surface area contributed by atoms with Crippen molar-refractivity contribution in [2.24, 2.45) is 0 Å². The van der Waals surface area contributed by atoms with Crippen molar-refractivity contribution in [2.45, 2.75) is 32.2 Å². The zero-order valence-corrected chi connectivity index (χ0v) is 5.56. The van der Waals surface area contributed by atoms with E-state index in [9.17, 15) is 0 Å². The van der Waals surface area contributed by atoms with Crippen LogP contribution in [0.3, 0.4) is 0 Å². The summed E-state index contributed by atoms with van der Waals surface area (Å²) < 4.78 is 0. The molecule has 0 aromatic carbocycles. The fourth-order valence-electron chi connectivity index (χ4n) is 0.394. The van der Waals surface area contributed by atoms with Crippen molar-refractivity contribution >= 4 is 10.2 Å². The molecule has 0 bridgehead atoms. The number of hydrogen-bond donors (Lipinski definition) is 0. The molecule has 6 heavy (non-hydrogen) atoms. The van der Waals surface area contributed by atoms with Crippen LogP contribution in [-0.2, 0) is 0 Å². The van der Waals surface area contributed by atoms with Gasteiger partial charge in [0.15, 0.2) is 0 Å². The van der Waals surface area contributed by atoms with E-state index in [2.05, 4.69) is 17.2 Å². The van der Waals surface area contributed by atoms with Gasteiger partial charge < -0.3 is 0 Å². The summed E-state index contributed by atoms with van der Waals surface area (Å²) in [7, 11) is 2.73. The molecule has 0 aliphatic carbocycles. The van der Waals surface area contributed by atoms with Crippen LogP contribution < -0.4 is 0 Å². The summed E-state index contributed by atoms with van der Waals surface area (Å²) in [6.45, 7) is 2.22. The van der Waals surface area contributed by atoms with Gasteiger partial charge in [0, 0.05) is 10.2 Å². The maximum absolute atomic E-state index is 2.73. The second-order valence-corrected chi connectivity index (χ2v) is 2.07. The molecule has 0 heterocycles. The minimum Gasteiger partial charge on any atom is -0.0654 e. The first kappa shape index (κ1) is 6.22. The summed E-state index contributed by atoms with van der Waals surface area (Å²) in [6, 6.07) is 1.27. The van der Waals surface area contributed by atoms with Crippen molar-refractivity contribution < 1.29 is 0 Å². The molecule has 0 saturated heterocycles. The fraction of sp³-hybridized carbons (Fsp3) is 1.00. The van der Waals surface area contributed by atoms with E-state index in [1.165, 1.54) is 25.3 Å². The Morgan fingerprint density at radius 3 is 2.17 bits per heavy atom. The fourth-order valence-corrected chi connectivity index (χ4v) is 0.683. The SMILES string of the molecule is CCCCC[SiH]. The molecular weight excluding hydrogens is 88.1 g/mol. The van der Waals surface area contributed by atoms with Crippen LogP contribution in [0.2, 0.25) is 6.04 Å². The lowest BCUT2D eigenvalue weighted by atomic mass is 10.3. The highest BCUT2D eigenvalue weighted by Gasteiger charge is 1.75. The quantitative estimate of drug-likeness (QED) is 0.372. The molecule has 0 saturated carbocycles. The third-order valence-electron chi connectivity index (χ3n) is 0.808. The average molecular weight is 100 g/mol. The molecule has 1 heteroatoms. The molecule has 0 amide bonds. The van der Waals surface area contributed by atoms with E-state index in [1.54, 1.807) is 0 Å². The van der Waals surface area contributed by atoms with Gasteiger partial charge >= 0.3 is 0 Å². The second-order valence-electron chi connectivity index (χ2n) is 1.50. The Kier molecular flexibility index (Phi) is 5.41. The molecule has 0 unspecified atom stereocenters. The minimum absolute atomic E-state index is 1.27. The molecule has 0 aromatic heterocycles. The van der Waals surface area contributed by atoms with Crippen LogP contribution in [0.1, 0.15) is 26.2 Å². The van der Waals surface area contributed by atoms with E-state index in [4.69, 9.17) is 0 Å². The molecule has 0 N–H and O–H groups in total. The summed E-state index contributed by atoms with van der Waals surface area (Å²) in [5, 5.41) is 0. The van der Waals surface area contributed by atoms with Crippen LogP contribution in [0.5, 0.6) is 0 Å². The lowest BCUT2D eigenvalue weighted by Gasteiger charge is -1.86. The van der Waals surface area contributed by atoms with Crippen LogP contribution in [0.25, 0.3) is 0 Å². The van der Waals surface area contributed by atoms with Crippen LogP contribution in [-0.4, -0.2) is 10.2 Å². The van der Waals surface area contributed by atoms with Gasteiger partial charge in [0.2, 0.25) is 0 Å². The largest absolute Gasteiger partial charge is 0.0654 e. The molecule has 0 atom stereocenters. The second kappa shape index (κ2) is 5.22. The maximum Gasteiger partial charge on any atom is 0.0143 e. The highest BCUT2D eigenvalue weighted by Crippen LogP contribution is 1.94. The van der Waals surface area contributed by atoms with E-state index in [0.29, 0.717) is 0 Å². The summed E-state index contributed by atoms with van der Waals surface area (Å²) >= 11 is 0. The molecule has 36 valence electrons. The average Bonchev–Trinajstić information content (AvgIpc) is 1.61. The van der Waals surface area contributed by atoms with Gasteiger partial charge in [-0.15, -0.1) is 0 Å². The highest BCUT2D eigenvalue weighted by atomic mass is 28.1. The highest BCUT2D eigenvalue weighted by molar-refractivity contribution is 6.08. The summed E-state index contributed by atoms with van der Waals surface area (Å²) in [5.74, 6) is 0. The van der Waals surface area contributed by atoms with E-state index >= 15 is 0 Å². The Labute approximate surface area is 43.4 Å². The zero-order chi connectivity index (χ0) is 4.83. The molecule has 0 spiro atoms. The molecule has 0 nitrogen and oxygen atoms in total. The van der Waals surface area contributed by atoms with Crippen LogP contribution >= 0.6 is 0 Å².